The highest BCUT2D eigenvalue weighted by Crippen LogP contribution is 2.44. The zero-order valence-electron chi connectivity index (χ0n) is 27.2. The minimum Gasteiger partial charge on any atom is -0.496 e. The van der Waals surface area contributed by atoms with Crippen LogP contribution in [0.2, 0.25) is 0 Å². The molecule has 10 nitrogen and oxygen atoms in total. The molecule has 2 N–H and O–H groups in total. The number of hydrogen-bond donors (Lipinski definition) is 2. The standard InChI is InChI=1S/C38H38N2O8S/c1-24-32(23-49-33-14-7-6-13-31(33)45-2)47-37(48-35(24)27-17-15-25(21-41)16-18-27)28-11-8-12-29(19-28)40-34(42)20-30(36(40)43)39-38(44)46-22-26-9-4-3-5-10-26/h3-19,24,30,32,35,37,41H,20-23H2,1-2H3,(H,39,44). The Bertz CT molecular complexity index is 1770. The van der Waals surface area contributed by atoms with Gasteiger partial charge in [0.2, 0.25) is 5.91 Å². The number of para-hydroxylation sites is 1. The number of aliphatic hydroxyl groups excluding tert-OH is 1. The van der Waals surface area contributed by atoms with Crippen LogP contribution < -0.4 is 15.0 Å². The van der Waals surface area contributed by atoms with E-state index in [-0.39, 0.29) is 37.8 Å². The number of methoxy groups -OCH3 is 1. The van der Waals surface area contributed by atoms with Gasteiger partial charge in [0.05, 0.1) is 38.0 Å². The van der Waals surface area contributed by atoms with Crippen LogP contribution in [0, 0.1) is 5.92 Å². The van der Waals surface area contributed by atoms with Crippen molar-refractivity contribution in [3.63, 3.8) is 0 Å². The van der Waals surface area contributed by atoms with E-state index in [1.54, 1.807) is 37.1 Å². The molecular weight excluding hydrogens is 644 g/mol. The number of hydrogen-bond acceptors (Lipinski definition) is 9. The van der Waals surface area contributed by atoms with Gasteiger partial charge in [-0.15, -0.1) is 11.8 Å². The highest BCUT2D eigenvalue weighted by Gasteiger charge is 2.42. The molecule has 49 heavy (non-hydrogen) atoms. The highest BCUT2D eigenvalue weighted by atomic mass is 32.2. The second-order valence-corrected chi connectivity index (χ2v) is 13.0. The average Bonchev–Trinajstić information content (AvgIpc) is 3.42. The van der Waals surface area contributed by atoms with Crippen LogP contribution in [0.4, 0.5) is 10.5 Å². The Balaban J connectivity index is 1.19. The second-order valence-electron chi connectivity index (χ2n) is 11.9. The van der Waals surface area contributed by atoms with Crippen LogP contribution in [-0.4, -0.2) is 48.0 Å². The van der Waals surface area contributed by atoms with E-state index in [2.05, 4.69) is 12.2 Å². The number of thioether (sulfide) groups is 1. The van der Waals surface area contributed by atoms with E-state index in [1.165, 1.54) is 0 Å². The number of benzene rings is 4. The van der Waals surface area contributed by atoms with Crippen molar-refractivity contribution in [3.8, 4) is 5.75 Å². The van der Waals surface area contributed by atoms with E-state index in [9.17, 15) is 19.5 Å². The highest BCUT2D eigenvalue weighted by molar-refractivity contribution is 7.99. The molecule has 0 aromatic heterocycles. The van der Waals surface area contributed by atoms with Crippen LogP contribution >= 0.6 is 11.8 Å². The number of nitrogens with one attached hydrogen (secondary N) is 1. The van der Waals surface area contributed by atoms with E-state index >= 15 is 0 Å². The van der Waals surface area contributed by atoms with Gasteiger partial charge >= 0.3 is 6.09 Å². The van der Waals surface area contributed by atoms with Crippen molar-refractivity contribution >= 4 is 35.4 Å². The molecule has 0 radical (unpaired) electrons. The third-order valence-corrected chi connectivity index (χ3v) is 9.79. The fraction of sp³-hybridized carbons (Fsp3) is 0.289. The molecule has 5 unspecified atom stereocenters. The Labute approximate surface area is 289 Å². The van der Waals surface area contributed by atoms with Gasteiger partial charge in [0.25, 0.3) is 5.91 Å². The number of carbonyl (C=O) groups excluding carboxylic acids is 3. The minimum atomic E-state index is -1.05. The molecule has 2 heterocycles. The maximum Gasteiger partial charge on any atom is 0.408 e. The molecule has 3 amide bonds. The van der Waals surface area contributed by atoms with Gasteiger partial charge in [-0.05, 0) is 41.0 Å². The summed E-state index contributed by atoms with van der Waals surface area (Å²) in [6.07, 6.45) is -2.37. The SMILES string of the molecule is COc1ccccc1SCC1OC(c2cccc(N3C(=O)CC(NC(=O)OCc4ccccc4)C3=O)c2)OC(c2ccc(CO)cc2)C1C. The lowest BCUT2D eigenvalue weighted by molar-refractivity contribution is -0.268. The molecule has 0 saturated carbocycles. The normalized spacial score (nSPS) is 22.2. The average molecular weight is 683 g/mol. The first-order chi connectivity index (χ1) is 23.8. The first-order valence-electron chi connectivity index (χ1n) is 16.0. The van der Waals surface area contributed by atoms with Crippen LogP contribution in [0.5, 0.6) is 5.75 Å². The van der Waals surface area contributed by atoms with Crippen molar-refractivity contribution in [1.82, 2.24) is 5.32 Å². The predicted octanol–water partition coefficient (Wildman–Crippen LogP) is 6.33. The zero-order valence-corrected chi connectivity index (χ0v) is 28.0. The summed E-state index contributed by atoms with van der Waals surface area (Å²) in [4.78, 5) is 41.1. The molecular formula is C38H38N2O8S. The Hall–Kier alpha value is -4.68. The van der Waals surface area contributed by atoms with E-state index < -0.39 is 30.2 Å². The minimum absolute atomic E-state index is 0.0399. The number of anilines is 1. The first kappa shape index (κ1) is 34.2. The first-order valence-corrected chi connectivity index (χ1v) is 17.0. The molecule has 0 aliphatic carbocycles. The summed E-state index contributed by atoms with van der Waals surface area (Å²) in [7, 11) is 1.65. The van der Waals surface area contributed by atoms with Gasteiger partial charge in [0.15, 0.2) is 6.29 Å². The van der Waals surface area contributed by atoms with Crippen molar-refractivity contribution in [2.45, 2.75) is 56.0 Å². The van der Waals surface area contributed by atoms with E-state index in [0.29, 0.717) is 17.0 Å². The van der Waals surface area contributed by atoms with Gasteiger partial charge < -0.3 is 29.4 Å². The maximum atomic E-state index is 13.4. The Morgan fingerprint density at radius 2 is 1.67 bits per heavy atom. The molecule has 2 aliphatic rings. The van der Waals surface area contributed by atoms with Crippen LogP contribution in [-0.2, 0) is 37.0 Å². The Morgan fingerprint density at radius 3 is 2.43 bits per heavy atom. The molecule has 2 fully saturated rings. The Morgan fingerprint density at radius 1 is 0.918 bits per heavy atom. The van der Waals surface area contributed by atoms with Crippen molar-refractivity contribution in [2.75, 3.05) is 17.8 Å². The molecule has 2 saturated heterocycles. The van der Waals surface area contributed by atoms with Crippen molar-refractivity contribution < 1.29 is 38.4 Å². The van der Waals surface area contributed by atoms with Crippen LogP contribution in [0.1, 0.15) is 48.0 Å². The number of alkyl carbamates (subject to hydrolysis) is 1. The lowest BCUT2D eigenvalue weighted by Gasteiger charge is -2.41. The molecule has 4 aromatic carbocycles. The fourth-order valence-electron chi connectivity index (χ4n) is 5.95. The van der Waals surface area contributed by atoms with Crippen molar-refractivity contribution in [1.29, 1.82) is 0 Å². The zero-order chi connectivity index (χ0) is 34.3. The maximum absolute atomic E-state index is 13.4. The van der Waals surface area contributed by atoms with E-state index in [0.717, 1.165) is 32.2 Å². The molecule has 5 atom stereocenters. The molecule has 11 heteroatoms. The molecule has 4 aromatic rings. The molecule has 0 bridgehead atoms. The smallest absolute Gasteiger partial charge is 0.408 e. The second kappa shape index (κ2) is 15.7. The summed E-state index contributed by atoms with van der Waals surface area (Å²) >= 11 is 1.63. The third-order valence-electron chi connectivity index (χ3n) is 8.65. The number of amides is 3. The van der Waals surface area contributed by atoms with E-state index in [4.69, 9.17) is 18.9 Å². The fourth-order valence-corrected chi connectivity index (χ4v) is 7.15. The van der Waals surface area contributed by atoms with Crippen molar-refractivity contribution in [3.05, 3.63) is 125 Å². The lowest BCUT2D eigenvalue weighted by atomic mass is 9.91. The summed E-state index contributed by atoms with van der Waals surface area (Å²) in [5.41, 5.74) is 3.53. The quantitative estimate of drug-likeness (QED) is 0.138. The van der Waals surface area contributed by atoms with Crippen LogP contribution in [0.25, 0.3) is 0 Å². The van der Waals surface area contributed by atoms with Gasteiger partial charge in [-0.25, -0.2) is 9.69 Å². The number of imide groups is 1. The number of aliphatic hydroxyl groups is 1. The molecule has 2 aliphatic heterocycles. The van der Waals surface area contributed by atoms with Gasteiger partial charge in [0.1, 0.15) is 18.4 Å². The van der Waals surface area contributed by atoms with Crippen molar-refractivity contribution in [2.24, 2.45) is 5.92 Å². The van der Waals surface area contributed by atoms with Crippen LogP contribution in [0.3, 0.4) is 0 Å². The summed E-state index contributed by atoms with van der Waals surface area (Å²) in [6, 6.07) is 30.6. The van der Waals surface area contributed by atoms with Crippen LogP contribution in [0.15, 0.2) is 108 Å². The topological polar surface area (TPSA) is 124 Å². The number of nitrogens with zero attached hydrogens (tertiary/aromatic N) is 1. The largest absolute Gasteiger partial charge is 0.496 e. The summed E-state index contributed by atoms with van der Waals surface area (Å²) in [6.45, 7) is 2.07. The van der Waals surface area contributed by atoms with E-state index in [1.807, 2.05) is 84.9 Å². The molecule has 6 rings (SSSR count). The van der Waals surface area contributed by atoms with Gasteiger partial charge in [0, 0.05) is 22.1 Å². The van der Waals surface area contributed by atoms with Gasteiger partial charge in [-0.1, -0.05) is 85.8 Å². The number of carbonyl (C=O) groups is 3. The van der Waals surface area contributed by atoms with Gasteiger partial charge in [-0.3, -0.25) is 9.59 Å². The summed E-state index contributed by atoms with van der Waals surface area (Å²) in [5.74, 6) is 0.360. The number of rotatable bonds is 11. The molecule has 0 spiro atoms. The summed E-state index contributed by atoms with van der Waals surface area (Å²) in [5, 5.41) is 12.1. The third kappa shape index (κ3) is 7.97. The lowest BCUT2D eigenvalue weighted by Crippen LogP contribution is -2.42. The van der Waals surface area contributed by atoms with Gasteiger partial charge in [-0.2, -0.15) is 0 Å². The Kier molecular flexibility index (Phi) is 10.9. The summed E-state index contributed by atoms with van der Waals surface area (Å²) < 4.78 is 24.0. The number of ether oxygens (including phenoxy) is 4. The monoisotopic (exact) mass is 682 g/mol. The predicted molar refractivity (Wildman–Crippen MR) is 184 cm³/mol. The molecule has 254 valence electrons.